The molecule has 1 aromatic heterocycles. The number of hydrogen-bond acceptors (Lipinski definition) is 8. The van der Waals surface area contributed by atoms with Crippen LogP contribution in [0.5, 0.6) is 5.75 Å². The highest BCUT2D eigenvalue weighted by atomic mass is 32.2. The van der Waals surface area contributed by atoms with E-state index < -0.39 is 30.0 Å². The van der Waals surface area contributed by atoms with Crippen LogP contribution >= 0.6 is 11.8 Å². The standard InChI is InChI=1S/C18H19F3N6O4S/c1-3-31-14(28)12-11(8-32-17-26-25-15(27(17)22)18(19,20)21)23-16(29)24-13(12)9-4-6-10(30-2)7-5-9/h4-7,13H,3,8,22H2,1-2H3,(H2,23,24,29). The molecule has 1 aliphatic heterocycles. The Labute approximate surface area is 184 Å². The van der Waals surface area contributed by atoms with Gasteiger partial charge in [0.1, 0.15) is 5.75 Å². The van der Waals surface area contributed by atoms with Crippen LogP contribution in [-0.2, 0) is 15.7 Å². The van der Waals surface area contributed by atoms with Gasteiger partial charge in [0.05, 0.1) is 25.3 Å². The molecule has 0 radical (unpaired) electrons. The van der Waals surface area contributed by atoms with Gasteiger partial charge in [-0.15, -0.1) is 10.2 Å². The van der Waals surface area contributed by atoms with Gasteiger partial charge in [0.15, 0.2) is 0 Å². The highest BCUT2D eigenvalue weighted by molar-refractivity contribution is 7.99. The highest BCUT2D eigenvalue weighted by Gasteiger charge is 2.39. The maximum Gasteiger partial charge on any atom is 0.453 e. The number of nitrogen functional groups attached to an aromatic ring is 1. The number of ether oxygens (including phenoxy) is 2. The Bertz CT molecular complexity index is 1040. The molecule has 0 bridgehead atoms. The fourth-order valence-corrected chi connectivity index (χ4v) is 3.76. The van der Waals surface area contributed by atoms with Gasteiger partial charge in [0.2, 0.25) is 5.16 Å². The normalized spacial score (nSPS) is 16.4. The first-order chi connectivity index (χ1) is 15.2. The van der Waals surface area contributed by atoms with E-state index in [2.05, 4.69) is 20.8 Å². The molecule has 10 nitrogen and oxygen atoms in total. The third-order valence-electron chi connectivity index (χ3n) is 4.36. The van der Waals surface area contributed by atoms with E-state index in [0.29, 0.717) is 16.0 Å². The van der Waals surface area contributed by atoms with E-state index in [4.69, 9.17) is 15.3 Å². The number of carbonyl (C=O) groups is 2. The van der Waals surface area contributed by atoms with E-state index in [1.807, 2.05) is 0 Å². The maximum absolute atomic E-state index is 12.9. The Hall–Kier alpha value is -3.42. The summed E-state index contributed by atoms with van der Waals surface area (Å²) in [5, 5.41) is 11.4. The van der Waals surface area contributed by atoms with Crippen molar-refractivity contribution < 1.29 is 32.2 Å². The number of thioether (sulfide) groups is 1. The average Bonchev–Trinajstić information content (AvgIpc) is 3.12. The van der Waals surface area contributed by atoms with Crippen LogP contribution in [0.3, 0.4) is 0 Å². The Balaban J connectivity index is 1.95. The summed E-state index contributed by atoms with van der Waals surface area (Å²) in [7, 11) is 1.50. The molecule has 172 valence electrons. The predicted molar refractivity (Wildman–Crippen MR) is 107 cm³/mol. The Kier molecular flexibility index (Phi) is 6.81. The van der Waals surface area contributed by atoms with E-state index in [0.717, 1.165) is 11.8 Å². The summed E-state index contributed by atoms with van der Waals surface area (Å²) in [5.74, 6) is 3.84. The first kappa shape index (κ1) is 23.2. The van der Waals surface area contributed by atoms with Gasteiger partial charge in [-0.05, 0) is 24.6 Å². The van der Waals surface area contributed by atoms with Gasteiger partial charge >= 0.3 is 18.2 Å². The second kappa shape index (κ2) is 9.38. The van der Waals surface area contributed by atoms with Gasteiger partial charge in [0.25, 0.3) is 5.82 Å². The van der Waals surface area contributed by atoms with Crippen LogP contribution in [-0.4, -0.2) is 46.3 Å². The number of esters is 1. The molecule has 4 N–H and O–H groups in total. The zero-order valence-electron chi connectivity index (χ0n) is 16.9. The first-order valence-electron chi connectivity index (χ1n) is 9.17. The zero-order valence-corrected chi connectivity index (χ0v) is 17.7. The van der Waals surface area contributed by atoms with Crippen LogP contribution in [0.2, 0.25) is 0 Å². The minimum absolute atomic E-state index is 0.0815. The second-order valence-electron chi connectivity index (χ2n) is 6.38. The van der Waals surface area contributed by atoms with E-state index in [1.165, 1.54) is 7.11 Å². The predicted octanol–water partition coefficient (Wildman–Crippen LogP) is 1.98. The maximum atomic E-state index is 12.9. The van der Waals surface area contributed by atoms with Crippen molar-refractivity contribution in [2.45, 2.75) is 24.3 Å². The number of carbonyl (C=O) groups excluding carboxylic acids is 2. The number of nitrogens with one attached hydrogen (secondary N) is 2. The number of rotatable bonds is 7. The summed E-state index contributed by atoms with van der Waals surface area (Å²) >= 11 is 0.771. The minimum atomic E-state index is -4.78. The summed E-state index contributed by atoms with van der Waals surface area (Å²) in [5.41, 5.74) is 0.824. The lowest BCUT2D eigenvalue weighted by Gasteiger charge is -2.29. The van der Waals surface area contributed by atoms with E-state index in [-0.39, 0.29) is 28.8 Å². The van der Waals surface area contributed by atoms with Gasteiger partial charge in [0, 0.05) is 11.4 Å². The molecule has 1 unspecified atom stereocenters. The van der Waals surface area contributed by atoms with Crippen LogP contribution in [0.4, 0.5) is 18.0 Å². The third kappa shape index (κ3) is 4.90. The average molecular weight is 472 g/mol. The Morgan fingerprint density at radius 1 is 1.28 bits per heavy atom. The number of hydrogen-bond donors (Lipinski definition) is 3. The first-order valence-corrected chi connectivity index (χ1v) is 10.2. The van der Waals surface area contributed by atoms with Crippen LogP contribution in [0.25, 0.3) is 0 Å². The number of nitrogens with two attached hydrogens (primary N) is 1. The number of alkyl halides is 3. The number of amides is 2. The van der Waals surface area contributed by atoms with Gasteiger partial charge in [-0.1, -0.05) is 23.9 Å². The summed E-state index contributed by atoms with van der Waals surface area (Å²) in [6.45, 7) is 1.71. The third-order valence-corrected chi connectivity index (χ3v) is 5.33. The van der Waals surface area contributed by atoms with Crippen molar-refractivity contribution >= 4 is 23.8 Å². The number of urea groups is 1. The molecule has 32 heavy (non-hydrogen) atoms. The fourth-order valence-electron chi connectivity index (χ4n) is 2.93. The number of nitrogens with zero attached hydrogens (tertiary/aromatic N) is 3. The summed E-state index contributed by atoms with van der Waals surface area (Å²) in [4.78, 5) is 25.0. The Morgan fingerprint density at radius 2 is 1.97 bits per heavy atom. The van der Waals surface area contributed by atoms with Crippen molar-refractivity contribution in [1.29, 1.82) is 0 Å². The molecule has 0 saturated heterocycles. The molecule has 1 atom stereocenters. The molecule has 0 spiro atoms. The largest absolute Gasteiger partial charge is 0.497 e. The molecule has 2 heterocycles. The molecular formula is C18H19F3N6O4S. The van der Waals surface area contributed by atoms with Gasteiger partial charge in [-0.3, -0.25) is 0 Å². The van der Waals surface area contributed by atoms with Crippen molar-refractivity contribution in [3.63, 3.8) is 0 Å². The van der Waals surface area contributed by atoms with Crippen molar-refractivity contribution in [3.8, 4) is 5.75 Å². The smallest absolute Gasteiger partial charge is 0.453 e. The molecule has 3 rings (SSSR count). The van der Waals surface area contributed by atoms with E-state index in [9.17, 15) is 22.8 Å². The topological polar surface area (TPSA) is 133 Å². The molecular weight excluding hydrogens is 453 g/mol. The van der Waals surface area contributed by atoms with Gasteiger partial charge < -0.3 is 25.9 Å². The van der Waals surface area contributed by atoms with Crippen molar-refractivity contribution in [3.05, 3.63) is 46.9 Å². The SMILES string of the molecule is CCOC(=O)C1=C(CSc2nnc(C(F)(F)F)n2N)NC(=O)NC1c1ccc(OC)cc1. The summed E-state index contributed by atoms with van der Waals surface area (Å²) < 4.78 is 49.3. The summed E-state index contributed by atoms with van der Waals surface area (Å²) in [6, 6.07) is 5.22. The van der Waals surface area contributed by atoms with Crippen molar-refractivity contribution in [2.24, 2.45) is 0 Å². The molecule has 1 aromatic carbocycles. The number of methoxy groups -OCH3 is 1. The monoisotopic (exact) mass is 472 g/mol. The molecule has 0 fully saturated rings. The van der Waals surface area contributed by atoms with Gasteiger partial charge in [-0.2, -0.15) is 13.2 Å². The molecule has 2 amide bonds. The van der Waals surface area contributed by atoms with Gasteiger partial charge in [-0.25, -0.2) is 14.3 Å². The lowest BCUT2D eigenvalue weighted by molar-refractivity contribution is -0.146. The molecule has 0 saturated carbocycles. The number of halogens is 3. The van der Waals surface area contributed by atoms with Crippen LogP contribution in [0.1, 0.15) is 24.4 Å². The minimum Gasteiger partial charge on any atom is -0.497 e. The molecule has 1 aliphatic rings. The quantitative estimate of drug-likeness (QED) is 0.317. The highest BCUT2D eigenvalue weighted by Crippen LogP contribution is 2.32. The van der Waals surface area contributed by atoms with Crippen LogP contribution in [0.15, 0.2) is 40.7 Å². The van der Waals surface area contributed by atoms with Crippen molar-refractivity contribution in [1.82, 2.24) is 25.5 Å². The second-order valence-corrected chi connectivity index (χ2v) is 7.32. The molecule has 2 aromatic rings. The molecule has 14 heteroatoms. The van der Waals surface area contributed by atoms with Crippen LogP contribution < -0.4 is 21.2 Å². The zero-order chi connectivity index (χ0) is 23.5. The molecule has 0 aliphatic carbocycles. The van der Waals surface area contributed by atoms with E-state index >= 15 is 0 Å². The van der Waals surface area contributed by atoms with Crippen molar-refractivity contribution in [2.75, 3.05) is 25.3 Å². The van der Waals surface area contributed by atoms with Crippen LogP contribution in [0, 0.1) is 0 Å². The summed E-state index contributed by atoms with van der Waals surface area (Å²) in [6.07, 6.45) is -4.78. The number of aromatic nitrogens is 3. The lowest BCUT2D eigenvalue weighted by Crippen LogP contribution is -2.46. The lowest BCUT2D eigenvalue weighted by atomic mass is 9.95. The number of benzene rings is 1. The Morgan fingerprint density at radius 3 is 2.53 bits per heavy atom. The van der Waals surface area contributed by atoms with E-state index in [1.54, 1.807) is 31.2 Å². The fraction of sp³-hybridized carbons (Fsp3) is 0.333.